The number of aliphatic hydroxyl groups is 2. The van der Waals surface area contributed by atoms with E-state index >= 15 is 0 Å². The van der Waals surface area contributed by atoms with Crippen LogP contribution in [0.4, 0.5) is 10.1 Å². The molecule has 1 unspecified atom stereocenters. The highest BCUT2D eigenvalue weighted by molar-refractivity contribution is 9.11. The maximum Gasteiger partial charge on any atom is 0.213 e. The summed E-state index contributed by atoms with van der Waals surface area (Å²) in [7, 11) is 0. The van der Waals surface area contributed by atoms with Gasteiger partial charge >= 0.3 is 0 Å². The van der Waals surface area contributed by atoms with Crippen LogP contribution in [-0.2, 0) is 16.9 Å². The number of allylic oxidation sites excluding steroid dienone is 2. The van der Waals surface area contributed by atoms with Crippen LogP contribution in [0, 0.1) is 19.8 Å². The molecule has 0 radical (unpaired) electrons. The van der Waals surface area contributed by atoms with Crippen LogP contribution in [0.5, 0.6) is 0 Å². The van der Waals surface area contributed by atoms with Gasteiger partial charge in [-0.3, -0.25) is 4.98 Å². The standard InChI is InChI=1S/C27H28BrFN4O3/c1-15-9-10-22(27(4,5)35)32-25(15)19-12-20(16(2)13-30-19)33-17(3)11-21(24(28)26(33)34)36-14-18-7-6-8-23(29)31-18/h6-13,26,34-35H,14H2,1-5H3. The van der Waals surface area contributed by atoms with Gasteiger partial charge in [-0.15, -0.1) is 0 Å². The van der Waals surface area contributed by atoms with Crippen molar-refractivity contribution in [3.63, 3.8) is 0 Å². The van der Waals surface area contributed by atoms with Crippen molar-refractivity contribution >= 4 is 21.6 Å². The minimum atomic E-state index is -1.09. The largest absolute Gasteiger partial charge is 0.486 e. The van der Waals surface area contributed by atoms with Crippen molar-refractivity contribution in [2.75, 3.05) is 4.90 Å². The summed E-state index contributed by atoms with van der Waals surface area (Å²) >= 11 is 3.47. The van der Waals surface area contributed by atoms with Gasteiger partial charge in [-0.1, -0.05) is 12.1 Å². The van der Waals surface area contributed by atoms with Gasteiger partial charge in [0.2, 0.25) is 5.95 Å². The zero-order valence-corrected chi connectivity index (χ0v) is 22.3. The Morgan fingerprint density at radius 2 is 1.86 bits per heavy atom. The second kappa shape index (κ2) is 10.1. The van der Waals surface area contributed by atoms with Crippen molar-refractivity contribution < 1.29 is 19.3 Å². The quantitative estimate of drug-likeness (QED) is 0.395. The number of ether oxygens (including phenoxy) is 1. The third kappa shape index (κ3) is 5.33. The first kappa shape index (κ1) is 25.9. The van der Waals surface area contributed by atoms with E-state index < -0.39 is 17.8 Å². The highest BCUT2D eigenvalue weighted by atomic mass is 79.9. The van der Waals surface area contributed by atoms with Crippen molar-refractivity contribution in [3.05, 3.63) is 93.1 Å². The second-order valence-corrected chi connectivity index (χ2v) is 10.1. The van der Waals surface area contributed by atoms with Crippen LogP contribution < -0.4 is 4.90 Å². The minimum absolute atomic E-state index is 0.0552. The molecule has 3 aromatic rings. The van der Waals surface area contributed by atoms with Crippen LogP contribution in [0.15, 0.2) is 64.6 Å². The smallest absolute Gasteiger partial charge is 0.213 e. The molecule has 0 saturated heterocycles. The first-order chi connectivity index (χ1) is 17.0. The monoisotopic (exact) mass is 554 g/mol. The van der Waals surface area contributed by atoms with Gasteiger partial charge < -0.3 is 19.8 Å². The Morgan fingerprint density at radius 1 is 1.11 bits per heavy atom. The zero-order valence-electron chi connectivity index (χ0n) is 20.8. The summed E-state index contributed by atoms with van der Waals surface area (Å²) in [6.07, 6.45) is 2.48. The molecule has 0 aromatic carbocycles. The number of aliphatic hydroxyl groups excluding tert-OH is 1. The van der Waals surface area contributed by atoms with Gasteiger partial charge in [-0.05, 0) is 85.9 Å². The van der Waals surface area contributed by atoms with E-state index in [1.165, 1.54) is 6.07 Å². The van der Waals surface area contributed by atoms with E-state index in [2.05, 4.69) is 30.9 Å². The van der Waals surface area contributed by atoms with E-state index in [1.54, 1.807) is 49.2 Å². The summed E-state index contributed by atoms with van der Waals surface area (Å²) < 4.78 is 19.7. The van der Waals surface area contributed by atoms with Crippen molar-refractivity contribution in [1.29, 1.82) is 0 Å². The molecule has 9 heteroatoms. The van der Waals surface area contributed by atoms with Gasteiger partial charge in [0.25, 0.3) is 0 Å². The zero-order chi connectivity index (χ0) is 26.2. The molecule has 7 nitrogen and oxygen atoms in total. The Morgan fingerprint density at radius 3 is 2.56 bits per heavy atom. The van der Waals surface area contributed by atoms with Crippen LogP contribution in [-0.4, -0.2) is 31.4 Å². The maximum atomic E-state index is 13.4. The average molecular weight is 555 g/mol. The van der Waals surface area contributed by atoms with Crippen molar-refractivity contribution in [2.45, 2.75) is 53.1 Å². The van der Waals surface area contributed by atoms with Gasteiger partial charge in [-0.25, -0.2) is 9.97 Å². The number of hydrogen-bond donors (Lipinski definition) is 2. The third-order valence-electron chi connectivity index (χ3n) is 5.88. The average Bonchev–Trinajstić information content (AvgIpc) is 2.81. The number of pyridine rings is 3. The summed E-state index contributed by atoms with van der Waals surface area (Å²) in [5, 5.41) is 21.7. The summed E-state index contributed by atoms with van der Waals surface area (Å²) in [5.74, 6) is -0.142. The Balaban J connectivity index is 1.66. The molecular formula is C27H28BrFN4O3. The maximum absolute atomic E-state index is 13.4. The highest BCUT2D eigenvalue weighted by Gasteiger charge is 2.30. The van der Waals surface area contributed by atoms with Gasteiger partial charge in [0.05, 0.1) is 32.9 Å². The lowest BCUT2D eigenvalue weighted by molar-refractivity contribution is 0.0739. The summed E-state index contributed by atoms with van der Waals surface area (Å²) in [4.78, 5) is 14.8. The molecule has 3 aromatic heterocycles. The molecule has 188 valence electrons. The predicted octanol–water partition coefficient (Wildman–Crippen LogP) is 5.39. The molecule has 0 bridgehead atoms. The van der Waals surface area contributed by atoms with E-state index in [4.69, 9.17) is 4.74 Å². The SMILES string of the molecule is CC1=CC(OCc2cccc(F)n2)=C(Br)C(O)N1c1cc(-c2nc(C(C)(C)O)ccc2C)ncc1C. The number of aromatic nitrogens is 3. The van der Waals surface area contributed by atoms with Crippen LogP contribution in [0.2, 0.25) is 0 Å². The molecule has 0 aliphatic carbocycles. The normalized spacial score (nSPS) is 16.3. The number of aryl methyl sites for hydroxylation is 2. The number of halogens is 2. The molecule has 0 saturated carbocycles. The summed E-state index contributed by atoms with van der Waals surface area (Å²) in [5.41, 5.74) is 4.43. The molecule has 1 atom stereocenters. The molecule has 0 spiro atoms. The topological polar surface area (TPSA) is 91.6 Å². The molecule has 4 rings (SSSR count). The summed E-state index contributed by atoms with van der Waals surface area (Å²) in [6, 6.07) is 10.1. The highest BCUT2D eigenvalue weighted by Crippen LogP contribution is 2.37. The fourth-order valence-corrected chi connectivity index (χ4v) is 4.34. The number of rotatable bonds is 6. The molecule has 2 N–H and O–H groups in total. The second-order valence-electron chi connectivity index (χ2n) is 9.26. The van der Waals surface area contributed by atoms with Crippen LogP contribution in [0.3, 0.4) is 0 Å². The van der Waals surface area contributed by atoms with Crippen LogP contribution in [0.1, 0.15) is 43.3 Å². The molecule has 0 amide bonds. The lowest BCUT2D eigenvalue weighted by atomic mass is 10.0. The minimum Gasteiger partial charge on any atom is -0.486 e. The van der Waals surface area contributed by atoms with E-state index in [0.717, 1.165) is 22.5 Å². The molecule has 0 fully saturated rings. The van der Waals surface area contributed by atoms with E-state index in [-0.39, 0.29) is 6.61 Å². The molecule has 1 aliphatic heterocycles. The Kier molecular flexibility index (Phi) is 7.26. The molecule has 1 aliphatic rings. The fraction of sp³-hybridized carbons (Fsp3) is 0.296. The number of anilines is 1. The van der Waals surface area contributed by atoms with Gasteiger partial charge in [-0.2, -0.15) is 4.39 Å². The first-order valence-electron chi connectivity index (χ1n) is 11.4. The molecular weight excluding hydrogens is 527 g/mol. The van der Waals surface area contributed by atoms with Crippen LogP contribution >= 0.6 is 15.9 Å². The van der Waals surface area contributed by atoms with E-state index in [0.29, 0.717) is 33.0 Å². The lowest BCUT2D eigenvalue weighted by Gasteiger charge is -2.35. The van der Waals surface area contributed by atoms with Gasteiger partial charge in [0, 0.05) is 18.0 Å². The molecule has 4 heterocycles. The van der Waals surface area contributed by atoms with Crippen molar-refractivity contribution in [1.82, 2.24) is 15.0 Å². The Labute approximate surface area is 218 Å². The predicted molar refractivity (Wildman–Crippen MR) is 139 cm³/mol. The fourth-order valence-electron chi connectivity index (χ4n) is 3.91. The number of hydrogen-bond acceptors (Lipinski definition) is 7. The van der Waals surface area contributed by atoms with Crippen LogP contribution in [0.25, 0.3) is 11.4 Å². The Bertz CT molecular complexity index is 1370. The lowest BCUT2D eigenvalue weighted by Crippen LogP contribution is -2.37. The van der Waals surface area contributed by atoms with E-state index in [1.807, 2.05) is 32.9 Å². The summed E-state index contributed by atoms with van der Waals surface area (Å²) in [6.45, 7) is 9.15. The molecule has 36 heavy (non-hydrogen) atoms. The Hall–Kier alpha value is -3.14. The number of nitrogens with zero attached hydrogens (tertiary/aromatic N) is 4. The third-order valence-corrected chi connectivity index (χ3v) is 6.68. The van der Waals surface area contributed by atoms with Gasteiger partial charge in [0.1, 0.15) is 18.0 Å². The van der Waals surface area contributed by atoms with Crippen molar-refractivity contribution in [3.8, 4) is 11.4 Å². The van der Waals surface area contributed by atoms with Gasteiger partial charge in [0.15, 0.2) is 6.23 Å². The van der Waals surface area contributed by atoms with E-state index in [9.17, 15) is 14.6 Å². The first-order valence-corrected chi connectivity index (χ1v) is 12.2. The van der Waals surface area contributed by atoms with Crippen molar-refractivity contribution in [2.24, 2.45) is 0 Å².